The lowest BCUT2D eigenvalue weighted by atomic mass is 10.1. The molecule has 0 aliphatic heterocycles. The number of ether oxygens (including phenoxy) is 1. The molecule has 206 valence electrons. The van der Waals surface area contributed by atoms with Crippen molar-refractivity contribution in [3.63, 3.8) is 0 Å². The first-order valence-corrected chi connectivity index (χ1v) is 10.7. The highest BCUT2D eigenvalue weighted by molar-refractivity contribution is 5.93. The molecule has 0 bridgehead atoms. The summed E-state index contributed by atoms with van der Waals surface area (Å²) in [4.78, 5) is 41.4. The van der Waals surface area contributed by atoms with Crippen LogP contribution in [-0.4, -0.2) is 104 Å². The molecule has 8 N–H and O–H groups in total. The number of aliphatic hydroxyl groups excluding tert-OH is 4. The average Bonchev–Trinajstić information content (AvgIpc) is 2.89. The molecule has 0 aliphatic rings. The van der Waals surface area contributed by atoms with Gasteiger partial charge in [-0.3, -0.25) is 0 Å². The molecule has 0 aliphatic carbocycles. The van der Waals surface area contributed by atoms with Gasteiger partial charge in [0, 0.05) is 13.2 Å². The predicted molar refractivity (Wildman–Crippen MR) is 129 cm³/mol. The van der Waals surface area contributed by atoms with E-state index >= 15 is 0 Å². The zero-order valence-corrected chi connectivity index (χ0v) is 19.9. The molecule has 0 spiro atoms. The minimum Gasteiger partial charge on any atom is -0.478 e. The van der Waals surface area contributed by atoms with Gasteiger partial charge in [0.15, 0.2) is 0 Å². The minimum atomic E-state index is -1.13. The molecular formula is C24H32O13. The summed E-state index contributed by atoms with van der Waals surface area (Å²) in [6, 6.07) is 10.2. The number of unbranched alkanes of at least 4 members (excludes halogenated alkanes) is 1. The molecule has 37 heavy (non-hydrogen) atoms. The van der Waals surface area contributed by atoms with E-state index in [-0.39, 0.29) is 48.7 Å². The van der Waals surface area contributed by atoms with Gasteiger partial charge in [-0.1, -0.05) is 6.07 Å². The van der Waals surface area contributed by atoms with Crippen molar-refractivity contribution in [3.8, 4) is 0 Å². The van der Waals surface area contributed by atoms with Crippen LogP contribution in [-0.2, 0) is 4.74 Å². The molecular weight excluding hydrogens is 496 g/mol. The summed E-state index contributed by atoms with van der Waals surface area (Å²) in [6.07, 6.45) is 1.44. The van der Waals surface area contributed by atoms with Gasteiger partial charge in [-0.2, -0.15) is 0 Å². The molecule has 2 rings (SSSR count). The van der Waals surface area contributed by atoms with Crippen molar-refractivity contribution in [1.82, 2.24) is 0 Å². The summed E-state index contributed by atoms with van der Waals surface area (Å²) in [5.41, 5.74) is 0.129. The van der Waals surface area contributed by atoms with Gasteiger partial charge in [0.2, 0.25) is 0 Å². The first kappa shape index (κ1) is 35.3. The summed E-state index contributed by atoms with van der Waals surface area (Å²) >= 11 is 0. The maximum absolute atomic E-state index is 10.4. The smallest absolute Gasteiger partial charge is 0.335 e. The Hall–Kier alpha value is -3.88. The van der Waals surface area contributed by atoms with Crippen LogP contribution in [0.5, 0.6) is 0 Å². The van der Waals surface area contributed by atoms with E-state index in [1.165, 1.54) is 42.5 Å². The molecule has 0 heterocycles. The SMILES string of the molecule is O=C(O)c1ccc(C(=O)O)cc1.O=C(O)c1cccc(C(=O)O)c1.OCCCCO.OCCOCCO. The Morgan fingerprint density at radius 2 is 0.838 bits per heavy atom. The fourth-order valence-corrected chi connectivity index (χ4v) is 2.00. The summed E-state index contributed by atoms with van der Waals surface area (Å²) < 4.78 is 4.63. The van der Waals surface area contributed by atoms with E-state index in [1.807, 2.05) is 0 Å². The van der Waals surface area contributed by atoms with Crippen LogP contribution < -0.4 is 0 Å². The standard InChI is InChI=1S/2C8H6O4.C4H10O3.C4H10O2/c9-7(10)5-1-2-6(4-3-5)8(11)12;9-7(10)5-2-1-3-6(4-5)8(11)12;5-1-3-7-4-2-6;5-3-1-2-4-6/h2*1-4H,(H,9,10)(H,11,12);5-6H,1-4H2;5-6H,1-4H2. The molecule has 0 saturated carbocycles. The number of aliphatic hydroxyl groups is 4. The summed E-state index contributed by atoms with van der Waals surface area (Å²) in [6.45, 7) is 1.09. The van der Waals surface area contributed by atoms with Crippen molar-refractivity contribution in [2.24, 2.45) is 0 Å². The third kappa shape index (κ3) is 19.0. The van der Waals surface area contributed by atoms with E-state index in [9.17, 15) is 19.2 Å². The molecule has 2 aromatic rings. The van der Waals surface area contributed by atoms with Crippen LogP contribution in [0, 0.1) is 0 Å². The highest BCUT2D eigenvalue weighted by Crippen LogP contribution is 2.05. The van der Waals surface area contributed by atoms with Gasteiger partial charge in [0.25, 0.3) is 0 Å². The number of carbonyl (C=O) groups is 4. The van der Waals surface area contributed by atoms with Crippen LogP contribution in [0.3, 0.4) is 0 Å². The number of hydrogen-bond acceptors (Lipinski definition) is 9. The predicted octanol–water partition coefficient (Wildman–Crippen LogP) is 0.905. The van der Waals surface area contributed by atoms with Gasteiger partial charge in [0.1, 0.15) is 0 Å². The van der Waals surface area contributed by atoms with Gasteiger partial charge in [-0.15, -0.1) is 0 Å². The van der Waals surface area contributed by atoms with Crippen LogP contribution in [0.2, 0.25) is 0 Å². The molecule has 0 amide bonds. The Morgan fingerprint density at radius 3 is 1.08 bits per heavy atom. The van der Waals surface area contributed by atoms with Crippen molar-refractivity contribution in [1.29, 1.82) is 0 Å². The van der Waals surface area contributed by atoms with Crippen molar-refractivity contribution in [3.05, 3.63) is 70.8 Å². The third-order valence-corrected chi connectivity index (χ3v) is 3.77. The topological polar surface area (TPSA) is 239 Å². The van der Waals surface area contributed by atoms with Crippen LogP contribution in [0.25, 0.3) is 0 Å². The molecule has 13 heteroatoms. The molecule has 0 fully saturated rings. The maximum atomic E-state index is 10.4. The summed E-state index contributed by atoms with van der Waals surface area (Å²) in [5, 5.41) is 66.3. The molecule has 2 aromatic carbocycles. The van der Waals surface area contributed by atoms with Gasteiger partial charge in [0.05, 0.1) is 48.7 Å². The Balaban J connectivity index is 0. The van der Waals surface area contributed by atoms with E-state index in [1.54, 1.807) is 0 Å². The van der Waals surface area contributed by atoms with E-state index in [0.717, 1.165) is 18.9 Å². The Bertz CT molecular complexity index is 856. The molecule has 0 aromatic heterocycles. The third-order valence-electron chi connectivity index (χ3n) is 3.77. The second-order valence-electron chi connectivity index (χ2n) is 6.59. The van der Waals surface area contributed by atoms with Gasteiger partial charge >= 0.3 is 23.9 Å². The fourth-order valence-electron chi connectivity index (χ4n) is 2.00. The number of aromatic carboxylic acids is 4. The lowest BCUT2D eigenvalue weighted by Crippen LogP contribution is -2.03. The molecule has 0 unspecified atom stereocenters. The van der Waals surface area contributed by atoms with Gasteiger partial charge < -0.3 is 45.6 Å². The number of benzene rings is 2. The highest BCUT2D eigenvalue weighted by Gasteiger charge is 2.07. The van der Waals surface area contributed by atoms with Gasteiger partial charge in [-0.05, 0) is 55.3 Å². The zero-order valence-electron chi connectivity index (χ0n) is 19.9. The first-order valence-electron chi connectivity index (χ1n) is 10.7. The van der Waals surface area contributed by atoms with Crippen molar-refractivity contribution in [2.75, 3.05) is 39.6 Å². The molecule has 13 nitrogen and oxygen atoms in total. The van der Waals surface area contributed by atoms with Crippen molar-refractivity contribution < 1.29 is 64.8 Å². The Kier molecular flexibility index (Phi) is 21.5. The van der Waals surface area contributed by atoms with E-state index in [4.69, 9.17) is 40.9 Å². The Labute approximate surface area is 212 Å². The second kappa shape index (κ2) is 22.6. The lowest BCUT2D eigenvalue weighted by Gasteiger charge is -1.95. The van der Waals surface area contributed by atoms with Gasteiger partial charge in [-0.25, -0.2) is 19.2 Å². The number of carboxylic acids is 4. The minimum absolute atomic E-state index is 0.0186. The largest absolute Gasteiger partial charge is 0.478 e. The highest BCUT2D eigenvalue weighted by atomic mass is 16.5. The van der Waals surface area contributed by atoms with Crippen LogP contribution in [0.15, 0.2) is 48.5 Å². The normalized spacial score (nSPS) is 9.30. The number of carboxylic acid groups (broad SMARTS) is 4. The second-order valence-corrected chi connectivity index (χ2v) is 6.59. The maximum Gasteiger partial charge on any atom is 0.335 e. The quantitative estimate of drug-likeness (QED) is 0.189. The fraction of sp³-hybridized carbons (Fsp3) is 0.333. The van der Waals surface area contributed by atoms with Crippen molar-refractivity contribution in [2.45, 2.75) is 12.8 Å². The van der Waals surface area contributed by atoms with Crippen LogP contribution in [0.1, 0.15) is 54.3 Å². The van der Waals surface area contributed by atoms with E-state index in [0.29, 0.717) is 13.2 Å². The summed E-state index contributed by atoms with van der Waals surface area (Å²) in [7, 11) is 0. The molecule has 0 atom stereocenters. The number of hydrogen-bond donors (Lipinski definition) is 8. The Morgan fingerprint density at radius 1 is 0.514 bits per heavy atom. The van der Waals surface area contributed by atoms with E-state index in [2.05, 4.69) is 4.74 Å². The van der Waals surface area contributed by atoms with Crippen LogP contribution in [0.4, 0.5) is 0 Å². The van der Waals surface area contributed by atoms with E-state index < -0.39 is 23.9 Å². The summed E-state index contributed by atoms with van der Waals surface area (Å²) in [5.74, 6) is -4.38. The first-order chi connectivity index (χ1) is 17.5. The monoisotopic (exact) mass is 528 g/mol. The molecule has 0 radical (unpaired) electrons. The molecule has 0 saturated heterocycles. The number of rotatable bonds is 11. The van der Waals surface area contributed by atoms with Crippen molar-refractivity contribution >= 4 is 23.9 Å². The van der Waals surface area contributed by atoms with Crippen LogP contribution >= 0.6 is 0 Å². The lowest BCUT2D eigenvalue weighted by molar-refractivity contribution is 0.0650. The zero-order chi connectivity index (χ0) is 28.6. The average molecular weight is 529 g/mol.